The first kappa shape index (κ1) is 10.4. The lowest BCUT2D eigenvalue weighted by Gasteiger charge is -2.12. The highest BCUT2D eigenvalue weighted by Gasteiger charge is 2.23. The van der Waals surface area contributed by atoms with Crippen LogP contribution >= 0.6 is 11.6 Å². The minimum absolute atomic E-state index is 0.00755. The second-order valence-electron chi connectivity index (χ2n) is 3.64. The van der Waals surface area contributed by atoms with E-state index in [4.69, 9.17) is 11.6 Å². The van der Waals surface area contributed by atoms with E-state index in [0.717, 1.165) is 24.0 Å². The minimum atomic E-state index is -0.224. The average molecular weight is 228 g/mol. The lowest BCUT2D eigenvalue weighted by Crippen LogP contribution is -2.27. The van der Waals surface area contributed by atoms with Crippen molar-refractivity contribution in [2.75, 3.05) is 5.88 Å². The maximum Gasteiger partial charge on any atom is 0.235 e. The second-order valence-corrected chi connectivity index (χ2v) is 3.90. The Morgan fingerprint density at radius 1 is 1.60 bits per heavy atom. The molecule has 0 aromatic heterocycles. The van der Waals surface area contributed by atoms with Crippen molar-refractivity contribution in [2.45, 2.75) is 18.9 Å². The van der Waals surface area contributed by atoms with Gasteiger partial charge >= 0.3 is 0 Å². The third-order valence-electron chi connectivity index (χ3n) is 2.64. The Kier molecular flexibility index (Phi) is 2.91. The van der Waals surface area contributed by atoms with Gasteiger partial charge in [0.25, 0.3) is 0 Å². The van der Waals surface area contributed by atoms with Gasteiger partial charge in [0.2, 0.25) is 5.91 Å². The van der Waals surface area contributed by atoms with Gasteiger partial charge in [0.1, 0.15) is 11.7 Å². The highest BCUT2D eigenvalue weighted by atomic mass is 35.5. The summed E-state index contributed by atoms with van der Waals surface area (Å²) in [5.41, 5.74) is 1.99. The monoisotopic (exact) mass is 227 g/mol. The first-order valence-electron chi connectivity index (χ1n) is 4.84. The number of alkyl halides is 1. The molecular weight excluding hydrogens is 217 g/mol. The quantitative estimate of drug-likeness (QED) is 0.771. The maximum absolute atomic E-state index is 12.9. The smallest absolute Gasteiger partial charge is 0.235 e. The summed E-state index contributed by atoms with van der Waals surface area (Å²) in [6, 6.07) is 4.68. The van der Waals surface area contributed by atoms with Crippen molar-refractivity contribution in [3.05, 3.63) is 35.1 Å². The van der Waals surface area contributed by atoms with Crippen molar-refractivity contribution in [2.24, 2.45) is 0 Å². The number of amides is 1. The SMILES string of the molecule is O=C(CCl)N[C@@H]1CCc2cc(F)ccc21. The van der Waals surface area contributed by atoms with Crippen molar-refractivity contribution in [3.63, 3.8) is 0 Å². The lowest BCUT2D eigenvalue weighted by molar-refractivity contribution is -0.119. The summed E-state index contributed by atoms with van der Waals surface area (Å²) in [6.07, 6.45) is 1.63. The number of hydrogen-bond acceptors (Lipinski definition) is 1. The molecule has 0 unspecified atom stereocenters. The average Bonchev–Trinajstić information content (AvgIpc) is 2.60. The Balaban J connectivity index is 2.18. The van der Waals surface area contributed by atoms with E-state index in [1.807, 2.05) is 0 Å². The predicted molar refractivity (Wildman–Crippen MR) is 56.3 cm³/mol. The standard InChI is InChI=1S/C11H11ClFNO/c12-6-11(15)14-10-4-1-7-5-8(13)2-3-9(7)10/h2-3,5,10H,1,4,6H2,(H,14,15)/t10-/m1/s1. The molecule has 1 aliphatic rings. The summed E-state index contributed by atoms with van der Waals surface area (Å²) >= 11 is 5.41. The summed E-state index contributed by atoms with van der Waals surface area (Å²) in [4.78, 5) is 11.1. The molecule has 4 heteroatoms. The number of rotatable bonds is 2. The van der Waals surface area contributed by atoms with E-state index in [1.165, 1.54) is 12.1 Å². The normalized spacial score (nSPS) is 18.7. The molecule has 1 atom stereocenters. The molecule has 1 aromatic carbocycles. The van der Waals surface area contributed by atoms with Gasteiger partial charge in [-0.05, 0) is 36.1 Å². The lowest BCUT2D eigenvalue weighted by atomic mass is 10.1. The van der Waals surface area contributed by atoms with E-state index in [2.05, 4.69) is 5.32 Å². The fraction of sp³-hybridized carbons (Fsp3) is 0.364. The van der Waals surface area contributed by atoms with Crippen LogP contribution in [0, 0.1) is 5.82 Å². The Morgan fingerprint density at radius 3 is 3.13 bits per heavy atom. The largest absolute Gasteiger partial charge is 0.348 e. The Morgan fingerprint density at radius 2 is 2.40 bits per heavy atom. The summed E-state index contributed by atoms with van der Waals surface area (Å²) in [6.45, 7) is 0. The van der Waals surface area contributed by atoms with Crippen LogP contribution < -0.4 is 5.32 Å². The van der Waals surface area contributed by atoms with E-state index < -0.39 is 0 Å². The molecule has 1 amide bonds. The molecule has 1 aromatic rings. The van der Waals surface area contributed by atoms with Crippen molar-refractivity contribution in [3.8, 4) is 0 Å². The van der Waals surface area contributed by atoms with Gasteiger partial charge in [-0.25, -0.2) is 4.39 Å². The molecule has 0 saturated heterocycles. The fourth-order valence-electron chi connectivity index (χ4n) is 1.97. The molecule has 0 bridgehead atoms. The van der Waals surface area contributed by atoms with Gasteiger partial charge in [0, 0.05) is 0 Å². The van der Waals surface area contributed by atoms with Gasteiger partial charge in [-0.1, -0.05) is 6.07 Å². The molecule has 0 fully saturated rings. The zero-order valence-electron chi connectivity index (χ0n) is 8.09. The van der Waals surface area contributed by atoms with Crippen molar-refractivity contribution >= 4 is 17.5 Å². The van der Waals surface area contributed by atoms with Gasteiger partial charge in [-0.15, -0.1) is 11.6 Å². The Labute approximate surface area is 92.4 Å². The minimum Gasteiger partial charge on any atom is -0.348 e. The van der Waals surface area contributed by atoms with E-state index in [0.29, 0.717) is 0 Å². The number of aryl methyl sites for hydroxylation is 1. The highest BCUT2D eigenvalue weighted by molar-refractivity contribution is 6.27. The van der Waals surface area contributed by atoms with Gasteiger partial charge in [0.15, 0.2) is 0 Å². The van der Waals surface area contributed by atoms with E-state index in [9.17, 15) is 9.18 Å². The first-order chi connectivity index (χ1) is 7.20. The Hall–Kier alpha value is -1.09. The van der Waals surface area contributed by atoms with Crippen molar-refractivity contribution in [1.82, 2.24) is 5.32 Å². The van der Waals surface area contributed by atoms with Crippen LogP contribution in [0.2, 0.25) is 0 Å². The van der Waals surface area contributed by atoms with Gasteiger partial charge in [-0.2, -0.15) is 0 Å². The van der Waals surface area contributed by atoms with E-state index >= 15 is 0 Å². The molecule has 0 saturated carbocycles. The maximum atomic E-state index is 12.9. The van der Waals surface area contributed by atoms with Crippen LogP contribution in [0.1, 0.15) is 23.6 Å². The number of carbonyl (C=O) groups is 1. The first-order valence-corrected chi connectivity index (χ1v) is 5.38. The topological polar surface area (TPSA) is 29.1 Å². The van der Waals surface area contributed by atoms with Gasteiger partial charge in [-0.3, -0.25) is 4.79 Å². The third kappa shape index (κ3) is 2.12. The van der Waals surface area contributed by atoms with Crippen molar-refractivity contribution in [1.29, 1.82) is 0 Å². The molecule has 0 aliphatic heterocycles. The molecule has 0 heterocycles. The van der Waals surface area contributed by atoms with Crippen LogP contribution in [0.3, 0.4) is 0 Å². The number of benzene rings is 1. The molecule has 1 aliphatic carbocycles. The predicted octanol–water partition coefficient (Wildman–Crippen LogP) is 2.17. The highest BCUT2D eigenvalue weighted by Crippen LogP contribution is 2.31. The van der Waals surface area contributed by atoms with Crippen LogP contribution in [0.4, 0.5) is 4.39 Å². The summed E-state index contributed by atoms with van der Waals surface area (Å²) in [5, 5.41) is 2.81. The van der Waals surface area contributed by atoms with E-state index in [-0.39, 0.29) is 23.6 Å². The summed E-state index contributed by atoms with van der Waals surface area (Å²) in [7, 11) is 0. The number of fused-ring (bicyclic) bond motifs is 1. The number of hydrogen-bond donors (Lipinski definition) is 1. The van der Waals surface area contributed by atoms with Crippen LogP contribution in [-0.4, -0.2) is 11.8 Å². The molecule has 1 N–H and O–H groups in total. The van der Waals surface area contributed by atoms with Crippen LogP contribution in [-0.2, 0) is 11.2 Å². The third-order valence-corrected chi connectivity index (χ3v) is 2.88. The van der Waals surface area contributed by atoms with Crippen LogP contribution in [0.25, 0.3) is 0 Å². The molecule has 2 nitrogen and oxygen atoms in total. The number of halogens is 2. The molecule has 80 valence electrons. The molecule has 0 spiro atoms. The molecular formula is C11H11ClFNO. The van der Waals surface area contributed by atoms with E-state index in [1.54, 1.807) is 6.07 Å². The van der Waals surface area contributed by atoms with Gasteiger partial charge in [0.05, 0.1) is 6.04 Å². The Bertz CT molecular complexity index is 394. The summed E-state index contributed by atoms with van der Waals surface area (Å²) < 4.78 is 12.9. The second kappa shape index (κ2) is 4.19. The fourth-order valence-corrected chi connectivity index (χ4v) is 2.05. The zero-order chi connectivity index (χ0) is 10.8. The number of nitrogens with one attached hydrogen (secondary N) is 1. The molecule has 0 radical (unpaired) electrons. The van der Waals surface area contributed by atoms with Crippen molar-refractivity contribution < 1.29 is 9.18 Å². The zero-order valence-corrected chi connectivity index (χ0v) is 8.85. The molecule has 2 rings (SSSR count). The summed E-state index contributed by atoms with van der Waals surface area (Å²) in [5.74, 6) is -0.440. The van der Waals surface area contributed by atoms with Crippen LogP contribution in [0.15, 0.2) is 18.2 Å². The number of carbonyl (C=O) groups excluding carboxylic acids is 1. The van der Waals surface area contributed by atoms with Crippen LogP contribution in [0.5, 0.6) is 0 Å². The molecule has 15 heavy (non-hydrogen) atoms. The van der Waals surface area contributed by atoms with Gasteiger partial charge < -0.3 is 5.32 Å².